The molecule has 1 aliphatic rings. The summed E-state index contributed by atoms with van der Waals surface area (Å²) in [5.74, 6) is 1.37. The Balaban J connectivity index is 1.45. The molecule has 1 aliphatic carbocycles. The van der Waals surface area contributed by atoms with Crippen molar-refractivity contribution in [3.63, 3.8) is 0 Å². The van der Waals surface area contributed by atoms with Gasteiger partial charge in [-0.1, -0.05) is 31.4 Å². The molecule has 1 saturated carbocycles. The standard InChI is InChI=1S/C20H26N4O2/c1-26-17-9-7-15(8-10-17)11-12-21-20(25)18-13-23-19(14-22-18)24-16-5-3-2-4-6-16/h7-10,13-14,16H,2-6,11-12H2,1H3,(H,21,25)(H,23,24). The number of aromatic nitrogens is 2. The van der Waals surface area contributed by atoms with E-state index in [0.29, 0.717) is 18.3 Å². The first kappa shape index (κ1) is 18.2. The van der Waals surface area contributed by atoms with Crippen molar-refractivity contribution in [2.75, 3.05) is 19.0 Å². The van der Waals surface area contributed by atoms with Gasteiger partial charge in [0.2, 0.25) is 0 Å². The van der Waals surface area contributed by atoms with Crippen LogP contribution in [-0.4, -0.2) is 35.6 Å². The number of rotatable bonds is 7. The summed E-state index contributed by atoms with van der Waals surface area (Å²) in [5.41, 5.74) is 1.48. The normalized spacial score (nSPS) is 14.7. The van der Waals surface area contributed by atoms with E-state index < -0.39 is 0 Å². The molecule has 138 valence electrons. The first-order valence-corrected chi connectivity index (χ1v) is 9.24. The fourth-order valence-corrected chi connectivity index (χ4v) is 3.18. The summed E-state index contributed by atoms with van der Waals surface area (Å²) in [5, 5.41) is 6.29. The van der Waals surface area contributed by atoms with Gasteiger partial charge in [-0.3, -0.25) is 4.79 Å². The minimum atomic E-state index is -0.199. The van der Waals surface area contributed by atoms with Gasteiger partial charge in [0.25, 0.3) is 5.91 Å². The fraction of sp³-hybridized carbons (Fsp3) is 0.450. The van der Waals surface area contributed by atoms with Gasteiger partial charge in [0.05, 0.1) is 19.5 Å². The number of hydrogen-bond acceptors (Lipinski definition) is 5. The Bertz CT molecular complexity index is 695. The molecule has 1 heterocycles. The van der Waals surface area contributed by atoms with Gasteiger partial charge >= 0.3 is 0 Å². The van der Waals surface area contributed by atoms with Gasteiger partial charge in [0.1, 0.15) is 17.3 Å². The van der Waals surface area contributed by atoms with Crippen LogP contribution in [-0.2, 0) is 6.42 Å². The molecular formula is C20H26N4O2. The van der Waals surface area contributed by atoms with Crippen LogP contribution in [0.5, 0.6) is 5.75 Å². The highest BCUT2D eigenvalue weighted by Gasteiger charge is 2.14. The molecule has 0 radical (unpaired) electrons. The van der Waals surface area contributed by atoms with Crippen LogP contribution in [0, 0.1) is 0 Å². The molecule has 0 atom stereocenters. The second-order valence-corrected chi connectivity index (χ2v) is 6.62. The lowest BCUT2D eigenvalue weighted by Crippen LogP contribution is -2.27. The molecule has 3 rings (SSSR count). The number of amides is 1. The maximum absolute atomic E-state index is 12.2. The van der Waals surface area contributed by atoms with Crippen LogP contribution < -0.4 is 15.4 Å². The van der Waals surface area contributed by atoms with Crippen LogP contribution in [0.25, 0.3) is 0 Å². The van der Waals surface area contributed by atoms with E-state index in [1.165, 1.54) is 38.3 Å². The lowest BCUT2D eigenvalue weighted by molar-refractivity contribution is 0.0949. The number of carbonyl (C=O) groups is 1. The summed E-state index contributed by atoms with van der Waals surface area (Å²) in [4.78, 5) is 20.8. The Morgan fingerprint density at radius 3 is 2.54 bits per heavy atom. The smallest absolute Gasteiger partial charge is 0.271 e. The molecule has 6 heteroatoms. The molecule has 1 aromatic carbocycles. The molecular weight excluding hydrogens is 328 g/mol. The summed E-state index contributed by atoms with van der Waals surface area (Å²) in [6.07, 6.45) is 10.1. The van der Waals surface area contributed by atoms with Gasteiger partial charge in [-0.15, -0.1) is 0 Å². The van der Waals surface area contributed by atoms with Crippen molar-refractivity contribution in [2.45, 2.75) is 44.6 Å². The SMILES string of the molecule is COc1ccc(CCNC(=O)c2cnc(NC3CCCCC3)cn2)cc1. The van der Waals surface area contributed by atoms with Crippen LogP contribution >= 0.6 is 0 Å². The summed E-state index contributed by atoms with van der Waals surface area (Å²) >= 11 is 0. The van der Waals surface area contributed by atoms with E-state index in [1.807, 2.05) is 24.3 Å². The summed E-state index contributed by atoms with van der Waals surface area (Å²) < 4.78 is 5.14. The van der Waals surface area contributed by atoms with E-state index in [9.17, 15) is 4.79 Å². The number of carbonyl (C=O) groups excluding carboxylic acids is 1. The third kappa shape index (κ3) is 5.18. The molecule has 2 N–H and O–H groups in total. The third-order valence-corrected chi connectivity index (χ3v) is 4.70. The number of nitrogens with zero attached hydrogens (tertiary/aromatic N) is 2. The number of nitrogens with one attached hydrogen (secondary N) is 2. The van der Waals surface area contributed by atoms with E-state index in [0.717, 1.165) is 23.6 Å². The molecule has 2 aromatic rings. The zero-order valence-corrected chi connectivity index (χ0v) is 15.2. The van der Waals surface area contributed by atoms with Crippen molar-refractivity contribution in [1.82, 2.24) is 15.3 Å². The lowest BCUT2D eigenvalue weighted by Gasteiger charge is -2.23. The molecule has 0 unspecified atom stereocenters. The van der Waals surface area contributed by atoms with E-state index >= 15 is 0 Å². The zero-order chi connectivity index (χ0) is 18.2. The molecule has 0 bridgehead atoms. The quantitative estimate of drug-likeness (QED) is 0.798. The Morgan fingerprint density at radius 2 is 1.88 bits per heavy atom. The summed E-state index contributed by atoms with van der Waals surface area (Å²) in [7, 11) is 1.65. The van der Waals surface area contributed by atoms with E-state index in [2.05, 4.69) is 20.6 Å². The second-order valence-electron chi connectivity index (χ2n) is 6.62. The van der Waals surface area contributed by atoms with Gasteiger partial charge < -0.3 is 15.4 Å². The number of methoxy groups -OCH3 is 1. The van der Waals surface area contributed by atoms with Crippen molar-refractivity contribution in [3.8, 4) is 5.75 Å². The molecule has 0 spiro atoms. The van der Waals surface area contributed by atoms with Crippen molar-refractivity contribution >= 4 is 11.7 Å². The average Bonchev–Trinajstić information content (AvgIpc) is 2.70. The van der Waals surface area contributed by atoms with Crippen molar-refractivity contribution in [2.24, 2.45) is 0 Å². The van der Waals surface area contributed by atoms with Crippen LogP contribution in [0.1, 0.15) is 48.2 Å². The topological polar surface area (TPSA) is 76.1 Å². The van der Waals surface area contributed by atoms with E-state index in [-0.39, 0.29) is 5.91 Å². The molecule has 0 saturated heterocycles. The van der Waals surface area contributed by atoms with E-state index in [4.69, 9.17) is 4.74 Å². The van der Waals surface area contributed by atoms with Crippen LogP contribution in [0.4, 0.5) is 5.82 Å². The molecule has 0 aliphatic heterocycles. The van der Waals surface area contributed by atoms with Gasteiger partial charge in [-0.05, 0) is 37.0 Å². The number of hydrogen-bond donors (Lipinski definition) is 2. The van der Waals surface area contributed by atoms with Crippen LogP contribution in [0.15, 0.2) is 36.7 Å². The van der Waals surface area contributed by atoms with Crippen LogP contribution in [0.3, 0.4) is 0 Å². The van der Waals surface area contributed by atoms with Crippen molar-refractivity contribution in [1.29, 1.82) is 0 Å². The monoisotopic (exact) mass is 354 g/mol. The fourth-order valence-electron chi connectivity index (χ4n) is 3.18. The molecule has 1 aromatic heterocycles. The first-order valence-electron chi connectivity index (χ1n) is 9.24. The zero-order valence-electron chi connectivity index (χ0n) is 15.2. The number of anilines is 1. The highest BCUT2D eigenvalue weighted by molar-refractivity contribution is 5.91. The maximum Gasteiger partial charge on any atom is 0.271 e. The predicted octanol–water partition coefficient (Wildman–Crippen LogP) is 3.20. The minimum Gasteiger partial charge on any atom is -0.497 e. The van der Waals surface area contributed by atoms with Crippen LogP contribution in [0.2, 0.25) is 0 Å². The number of ether oxygens (including phenoxy) is 1. The highest BCUT2D eigenvalue weighted by Crippen LogP contribution is 2.20. The van der Waals surface area contributed by atoms with Gasteiger partial charge in [-0.2, -0.15) is 0 Å². The summed E-state index contributed by atoms with van der Waals surface area (Å²) in [6, 6.07) is 8.30. The number of benzene rings is 1. The minimum absolute atomic E-state index is 0.199. The molecule has 6 nitrogen and oxygen atoms in total. The Labute approximate surface area is 154 Å². The molecule has 1 amide bonds. The Morgan fingerprint density at radius 1 is 1.12 bits per heavy atom. The predicted molar refractivity (Wildman–Crippen MR) is 102 cm³/mol. The Kier molecular flexibility index (Phi) is 6.41. The van der Waals surface area contributed by atoms with Crippen molar-refractivity contribution in [3.05, 3.63) is 47.9 Å². The molecule has 1 fully saturated rings. The molecule has 26 heavy (non-hydrogen) atoms. The van der Waals surface area contributed by atoms with Gasteiger partial charge in [-0.25, -0.2) is 9.97 Å². The van der Waals surface area contributed by atoms with E-state index in [1.54, 1.807) is 13.3 Å². The van der Waals surface area contributed by atoms with Gasteiger partial charge in [0.15, 0.2) is 0 Å². The second kappa shape index (κ2) is 9.17. The van der Waals surface area contributed by atoms with Crippen molar-refractivity contribution < 1.29 is 9.53 Å². The summed E-state index contributed by atoms with van der Waals surface area (Å²) in [6.45, 7) is 0.551. The van der Waals surface area contributed by atoms with Gasteiger partial charge in [0, 0.05) is 12.6 Å². The maximum atomic E-state index is 12.2. The first-order chi connectivity index (χ1) is 12.7. The largest absolute Gasteiger partial charge is 0.497 e. The highest BCUT2D eigenvalue weighted by atomic mass is 16.5. The average molecular weight is 354 g/mol. The lowest BCUT2D eigenvalue weighted by atomic mass is 9.96. The third-order valence-electron chi connectivity index (χ3n) is 4.70. The Hall–Kier alpha value is -2.63.